The van der Waals surface area contributed by atoms with Crippen LogP contribution in [0, 0.1) is 16.0 Å². The van der Waals surface area contributed by atoms with E-state index in [1.807, 2.05) is 18.2 Å². The second-order valence-electron chi connectivity index (χ2n) is 6.65. The number of benzene rings is 2. The van der Waals surface area contributed by atoms with Gasteiger partial charge in [-0.05, 0) is 18.1 Å². The fourth-order valence-electron chi connectivity index (χ4n) is 2.70. The van der Waals surface area contributed by atoms with Crippen molar-refractivity contribution in [2.45, 2.75) is 26.4 Å². The Labute approximate surface area is 173 Å². The van der Waals surface area contributed by atoms with E-state index in [9.17, 15) is 19.7 Å². The molecule has 0 aliphatic rings. The third-order valence-corrected chi connectivity index (χ3v) is 4.60. The first-order valence-electron chi connectivity index (χ1n) is 8.89. The van der Waals surface area contributed by atoms with Crippen LogP contribution in [-0.4, -0.2) is 29.9 Å². The summed E-state index contributed by atoms with van der Waals surface area (Å²) in [5.41, 5.74) is 0.637. The van der Waals surface area contributed by atoms with Crippen molar-refractivity contribution in [1.82, 2.24) is 10.6 Å². The van der Waals surface area contributed by atoms with Crippen molar-refractivity contribution in [2.75, 3.05) is 7.11 Å². The summed E-state index contributed by atoms with van der Waals surface area (Å²) in [6, 6.07) is 10.0. The molecule has 29 heavy (non-hydrogen) atoms. The fraction of sp³-hybridized carbons (Fsp3) is 0.300. The summed E-state index contributed by atoms with van der Waals surface area (Å²) in [5, 5.41) is 16.2. The maximum Gasteiger partial charge on any atom is 0.270 e. The van der Waals surface area contributed by atoms with Crippen molar-refractivity contribution in [1.29, 1.82) is 0 Å². The Kier molecular flexibility index (Phi) is 7.55. The highest BCUT2D eigenvalue weighted by Gasteiger charge is 2.26. The largest absolute Gasteiger partial charge is 0.496 e. The standard InChI is InChI=1S/C20H22ClN3O5/c1-12(2)18(20(26)22-11-13-6-4-5-7-17(13)29-3)23-19(25)15-9-8-14(24(27)28)10-16(15)21/h4-10,12,18H,11H2,1-3H3,(H,22,26)(H,23,25)/t18-/m0/s1. The molecule has 0 aromatic heterocycles. The topological polar surface area (TPSA) is 111 Å². The molecule has 0 radical (unpaired) electrons. The molecular weight excluding hydrogens is 398 g/mol. The maximum atomic E-state index is 12.7. The molecule has 1 atom stereocenters. The van der Waals surface area contributed by atoms with Crippen LogP contribution in [0.4, 0.5) is 5.69 Å². The lowest BCUT2D eigenvalue weighted by molar-refractivity contribution is -0.384. The van der Waals surface area contributed by atoms with Crippen LogP contribution in [0.25, 0.3) is 0 Å². The van der Waals surface area contributed by atoms with Crippen LogP contribution in [0.5, 0.6) is 5.75 Å². The zero-order chi connectivity index (χ0) is 21.6. The lowest BCUT2D eigenvalue weighted by atomic mass is 10.0. The number of halogens is 1. The Morgan fingerprint density at radius 1 is 1.21 bits per heavy atom. The molecule has 2 aromatic carbocycles. The van der Waals surface area contributed by atoms with E-state index in [1.165, 1.54) is 12.1 Å². The van der Waals surface area contributed by atoms with Crippen molar-refractivity contribution >= 4 is 29.1 Å². The Morgan fingerprint density at radius 2 is 1.90 bits per heavy atom. The molecule has 154 valence electrons. The van der Waals surface area contributed by atoms with E-state index in [-0.39, 0.29) is 34.6 Å². The molecule has 0 heterocycles. The molecule has 0 fully saturated rings. The lowest BCUT2D eigenvalue weighted by Crippen LogP contribution is -2.49. The average Bonchev–Trinajstić information content (AvgIpc) is 2.69. The number of non-ortho nitro benzene ring substituents is 1. The molecule has 2 aromatic rings. The van der Waals surface area contributed by atoms with Crippen LogP contribution >= 0.6 is 11.6 Å². The first-order valence-corrected chi connectivity index (χ1v) is 9.26. The number of nitrogens with zero attached hydrogens (tertiary/aromatic N) is 1. The summed E-state index contributed by atoms with van der Waals surface area (Å²) in [4.78, 5) is 35.4. The van der Waals surface area contributed by atoms with E-state index in [2.05, 4.69) is 10.6 Å². The number of hydrogen-bond donors (Lipinski definition) is 2. The maximum absolute atomic E-state index is 12.7. The van der Waals surface area contributed by atoms with E-state index in [1.54, 1.807) is 27.0 Å². The van der Waals surface area contributed by atoms with E-state index < -0.39 is 16.9 Å². The van der Waals surface area contributed by atoms with E-state index >= 15 is 0 Å². The highest BCUT2D eigenvalue weighted by atomic mass is 35.5. The van der Waals surface area contributed by atoms with Gasteiger partial charge in [-0.25, -0.2) is 0 Å². The average molecular weight is 420 g/mol. The van der Waals surface area contributed by atoms with Gasteiger partial charge < -0.3 is 15.4 Å². The van der Waals surface area contributed by atoms with Crippen LogP contribution < -0.4 is 15.4 Å². The highest BCUT2D eigenvalue weighted by molar-refractivity contribution is 6.34. The molecule has 0 aliphatic heterocycles. The first kappa shape index (κ1) is 22.2. The smallest absolute Gasteiger partial charge is 0.270 e. The van der Waals surface area contributed by atoms with Crippen LogP contribution in [0.3, 0.4) is 0 Å². The number of ether oxygens (including phenoxy) is 1. The van der Waals surface area contributed by atoms with Gasteiger partial charge in [-0.3, -0.25) is 19.7 Å². The zero-order valence-corrected chi connectivity index (χ0v) is 17.0. The van der Waals surface area contributed by atoms with Crippen molar-refractivity contribution < 1.29 is 19.2 Å². The van der Waals surface area contributed by atoms with Gasteiger partial charge in [0.25, 0.3) is 11.6 Å². The number of amides is 2. The number of nitrogens with one attached hydrogen (secondary N) is 2. The summed E-state index contributed by atoms with van der Waals surface area (Å²) < 4.78 is 5.26. The first-order chi connectivity index (χ1) is 13.7. The number of nitro groups is 1. The van der Waals surface area contributed by atoms with E-state index in [0.717, 1.165) is 11.6 Å². The number of carbonyl (C=O) groups is 2. The van der Waals surface area contributed by atoms with Gasteiger partial charge in [0.05, 0.1) is 22.6 Å². The molecule has 2 N–H and O–H groups in total. The van der Waals surface area contributed by atoms with Crippen LogP contribution in [0.2, 0.25) is 5.02 Å². The van der Waals surface area contributed by atoms with Gasteiger partial charge >= 0.3 is 0 Å². The Hall–Kier alpha value is -3.13. The van der Waals surface area contributed by atoms with Gasteiger partial charge in [-0.2, -0.15) is 0 Å². The Morgan fingerprint density at radius 3 is 2.48 bits per heavy atom. The van der Waals surface area contributed by atoms with Gasteiger partial charge in [0, 0.05) is 24.2 Å². The SMILES string of the molecule is COc1ccccc1CNC(=O)[C@@H](NC(=O)c1ccc([N+](=O)[O-])cc1Cl)C(C)C. The minimum atomic E-state index is -0.816. The third-order valence-electron chi connectivity index (χ3n) is 4.29. The minimum Gasteiger partial charge on any atom is -0.496 e. The molecule has 0 saturated carbocycles. The predicted molar refractivity (Wildman–Crippen MR) is 109 cm³/mol. The number of para-hydroxylation sites is 1. The predicted octanol–water partition coefficient (Wildman–Crippen LogP) is 3.33. The molecule has 0 bridgehead atoms. The molecule has 8 nitrogen and oxygen atoms in total. The van der Waals surface area contributed by atoms with Crippen molar-refractivity contribution in [3.63, 3.8) is 0 Å². The van der Waals surface area contributed by atoms with E-state index in [4.69, 9.17) is 16.3 Å². The minimum absolute atomic E-state index is 0.0560. The summed E-state index contributed by atoms with van der Waals surface area (Å²) >= 11 is 6.01. The molecule has 0 unspecified atom stereocenters. The molecule has 9 heteroatoms. The van der Waals surface area contributed by atoms with Crippen molar-refractivity contribution in [2.24, 2.45) is 5.92 Å². The van der Waals surface area contributed by atoms with Gasteiger partial charge in [0.1, 0.15) is 11.8 Å². The Bertz CT molecular complexity index is 917. The number of methoxy groups -OCH3 is 1. The molecular formula is C20H22ClN3O5. The van der Waals surface area contributed by atoms with Crippen LogP contribution in [0.15, 0.2) is 42.5 Å². The zero-order valence-electron chi connectivity index (χ0n) is 16.3. The monoisotopic (exact) mass is 419 g/mol. The van der Waals surface area contributed by atoms with Gasteiger partial charge in [-0.1, -0.05) is 43.6 Å². The summed E-state index contributed by atoms with van der Waals surface area (Å²) in [6.45, 7) is 3.83. The number of hydrogen-bond acceptors (Lipinski definition) is 5. The lowest BCUT2D eigenvalue weighted by Gasteiger charge is -2.22. The summed E-state index contributed by atoms with van der Waals surface area (Å²) in [5.74, 6) is -0.502. The van der Waals surface area contributed by atoms with Gasteiger partial charge in [0.2, 0.25) is 5.91 Å². The summed E-state index contributed by atoms with van der Waals surface area (Å²) in [7, 11) is 1.55. The van der Waals surface area contributed by atoms with Crippen molar-refractivity contribution in [3.8, 4) is 5.75 Å². The van der Waals surface area contributed by atoms with Crippen molar-refractivity contribution in [3.05, 3.63) is 68.7 Å². The third kappa shape index (κ3) is 5.68. The van der Waals surface area contributed by atoms with Gasteiger partial charge in [0.15, 0.2) is 0 Å². The molecule has 0 spiro atoms. The molecule has 2 rings (SSSR count). The van der Waals surface area contributed by atoms with Crippen LogP contribution in [-0.2, 0) is 11.3 Å². The summed E-state index contributed by atoms with van der Waals surface area (Å²) in [6.07, 6.45) is 0. The quantitative estimate of drug-likeness (QED) is 0.503. The van der Waals surface area contributed by atoms with Crippen LogP contribution in [0.1, 0.15) is 29.8 Å². The molecule has 0 saturated heterocycles. The Balaban J connectivity index is 2.10. The normalized spacial score (nSPS) is 11.6. The second-order valence-corrected chi connectivity index (χ2v) is 7.05. The molecule has 0 aliphatic carbocycles. The number of rotatable bonds is 8. The number of carbonyl (C=O) groups excluding carboxylic acids is 2. The fourth-order valence-corrected chi connectivity index (χ4v) is 2.96. The van der Waals surface area contributed by atoms with E-state index in [0.29, 0.717) is 5.75 Å². The molecule has 2 amide bonds. The highest BCUT2D eigenvalue weighted by Crippen LogP contribution is 2.23. The second kappa shape index (κ2) is 9.88. The number of nitro benzene ring substituents is 1. The van der Waals surface area contributed by atoms with Gasteiger partial charge in [-0.15, -0.1) is 0 Å².